The molecule has 6 aliphatic rings. The Labute approximate surface area is 312 Å². The highest BCUT2D eigenvalue weighted by molar-refractivity contribution is 5.94. The molecule has 304 valence electrons. The number of hydrogen-bond donors (Lipinski definition) is 9. The molecule has 0 amide bonds. The highest BCUT2D eigenvalue weighted by atomic mass is 16.8. The SMILES string of the molecule is CC(C)(O)CCC[C@](C)(O)[C@H]1CC[C@H]2C3=CC(=O)[C@@H]4C[C@@H](O[C@@H]5O[C@H](CO)[C@@H](O)[C@H](O)[C@H]5O[C@@H]5O[C@H](CO)[C@@H](O)[C@H](O)[C@H]5O)CC[C@]4(C)[C@H]3CC[C@@]21C. The van der Waals surface area contributed by atoms with E-state index in [2.05, 4.69) is 13.8 Å². The van der Waals surface area contributed by atoms with Crippen molar-refractivity contribution in [1.29, 1.82) is 0 Å². The summed E-state index contributed by atoms with van der Waals surface area (Å²) in [6.07, 6.45) is -6.86. The molecule has 2 heterocycles. The minimum absolute atomic E-state index is 0.0408. The number of carbonyl (C=O) groups is 1. The number of ketones is 1. The molecule has 6 rings (SSSR count). The lowest BCUT2D eigenvalue weighted by Gasteiger charge is -2.58. The molecule has 0 unspecified atom stereocenters. The molecular formula is C39H64O14. The molecule has 4 aliphatic carbocycles. The third-order valence-corrected chi connectivity index (χ3v) is 14.4. The third-order valence-electron chi connectivity index (χ3n) is 14.4. The maximum absolute atomic E-state index is 14.1. The summed E-state index contributed by atoms with van der Waals surface area (Å²) in [5, 5.41) is 94.5. The van der Waals surface area contributed by atoms with Crippen molar-refractivity contribution in [1.82, 2.24) is 0 Å². The van der Waals surface area contributed by atoms with Crippen molar-refractivity contribution >= 4 is 5.78 Å². The van der Waals surface area contributed by atoms with Gasteiger partial charge in [-0.25, -0.2) is 0 Å². The van der Waals surface area contributed by atoms with Gasteiger partial charge in [-0.3, -0.25) is 4.79 Å². The zero-order chi connectivity index (χ0) is 38.8. The zero-order valence-electron chi connectivity index (χ0n) is 31.8. The maximum atomic E-state index is 14.1. The Hall–Kier alpha value is -1.11. The van der Waals surface area contributed by atoms with Crippen molar-refractivity contribution in [2.75, 3.05) is 13.2 Å². The van der Waals surface area contributed by atoms with Crippen molar-refractivity contribution in [3.63, 3.8) is 0 Å². The summed E-state index contributed by atoms with van der Waals surface area (Å²) >= 11 is 0. The molecule has 0 radical (unpaired) electrons. The van der Waals surface area contributed by atoms with E-state index in [1.807, 2.05) is 13.0 Å². The van der Waals surface area contributed by atoms with Crippen molar-refractivity contribution in [3.05, 3.63) is 11.6 Å². The number of rotatable bonds is 11. The van der Waals surface area contributed by atoms with Crippen LogP contribution in [-0.2, 0) is 23.7 Å². The van der Waals surface area contributed by atoms with Crippen molar-refractivity contribution in [2.24, 2.45) is 34.5 Å². The van der Waals surface area contributed by atoms with E-state index in [0.717, 1.165) is 32.1 Å². The van der Waals surface area contributed by atoms with E-state index in [1.165, 1.54) is 5.57 Å². The van der Waals surface area contributed by atoms with E-state index >= 15 is 0 Å². The third kappa shape index (κ3) is 7.68. The van der Waals surface area contributed by atoms with Gasteiger partial charge in [0.25, 0.3) is 0 Å². The fourth-order valence-corrected chi connectivity index (χ4v) is 11.4. The van der Waals surface area contributed by atoms with Crippen molar-refractivity contribution in [2.45, 2.75) is 178 Å². The van der Waals surface area contributed by atoms with Crippen LogP contribution in [0.3, 0.4) is 0 Å². The Morgan fingerprint density at radius 2 is 1.34 bits per heavy atom. The monoisotopic (exact) mass is 756 g/mol. The van der Waals surface area contributed by atoms with Gasteiger partial charge in [0, 0.05) is 5.92 Å². The Balaban J connectivity index is 1.17. The van der Waals surface area contributed by atoms with Gasteiger partial charge in [0.05, 0.1) is 30.5 Å². The molecule has 14 heteroatoms. The van der Waals surface area contributed by atoms with Gasteiger partial charge in [-0.1, -0.05) is 19.4 Å². The van der Waals surface area contributed by atoms with Crippen molar-refractivity contribution < 1.29 is 69.7 Å². The predicted octanol–water partition coefficient (Wildman–Crippen LogP) is 0.446. The van der Waals surface area contributed by atoms with Crippen LogP contribution in [0.15, 0.2) is 11.6 Å². The van der Waals surface area contributed by atoms with E-state index in [0.29, 0.717) is 32.1 Å². The lowest BCUT2D eigenvalue weighted by atomic mass is 9.47. The van der Waals surface area contributed by atoms with Gasteiger partial charge in [-0.2, -0.15) is 0 Å². The van der Waals surface area contributed by atoms with Gasteiger partial charge >= 0.3 is 0 Å². The fraction of sp³-hybridized carbons (Fsp3) is 0.923. The lowest BCUT2D eigenvalue weighted by Crippen LogP contribution is -2.65. The van der Waals surface area contributed by atoms with Gasteiger partial charge in [0.2, 0.25) is 0 Å². The standard InChI is InChI=1S/C39H64O14/c1-36(2,48)11-6-12-39(5,49)27-8-7-21-20-16-24(42)23-15-19(9-13-37(23,3)22(20)10-14-38(21,27)4)50-35-33(31(46)29(44)26(18-41)52-35)53-34-32(47)30(45)28(43)25(17-40)51-34/h16,19,21-23,25-35,40-41,43-49H,6-15,17-18H2,1-5H3/t19-,21-,22-,23-,25+,26+,27-,28+,29+,30-,31-,32+,33+,34-,35+,37+,38-,39-/m0/s1. The maximum Gasteiger partial charge on any atom is 0.187 e. The van der Waals surface area contributed by atoms with E-state index in [1.54, 1.807) is 13.8 Å². The summed E-state index contributed by atoms with van der Waals surface area (Å²) in [7, 11) is 0. The first-order valence-electron chi connectivity index (χ1n) is 19.7. The quantitative estimate of drug-likeness (QED) is 0.139. The van der Waals surface area contributed by atoms with Crippen LogP contribution in [-0.4, -0.2) is 144 Å². The van der Waals surface area contributed by atoms with Gasteiger partial charge < -0.3 is 64.9 Å². The topological polar surface area (TPSA) is 236 Å². The smallest absolute Gasteiger partial charge is 0.187 e. The Bertz CT molecular complexity index is 1330. The summed E-state index contributed by atoms with van der Waals surface area (Å²) in [6, 6.07) is 0. The summed E-state index contributed by atoms with van der Waals surface area (Å²) in [4.78, 5) is 14.1. The van der Waals surface area contributed by atoms with Crippen LogP contribution in [0.25, 0.3) is 0 Å². The molecule has 0 aromatic heterocycles. The number of aliphatic hydroxyl groups excluding tert-OH is 7. The van der Waals surface area contributed by atoms with Gasteiger partial charge in [-0.05, 0) is 120 Å². The molecule has 0 aromatic carbocycles. The molecule has 2 saturated heterocycles. The van der Waals surface area contributed by atoms with Crippen LogP contribution in [0, 0.1) is 34.5 Å². The number of hydrogen-bond acceptors (Lipinski definition) is 14. The average molecular weight is 757 g/mol. The largest absolute Gasteiger partial charge is 0.394 e. The van der Waals surface area contributed by atoms with E-state index in [4.69, 9.17) is 18.9 Å². The minimum Gasteiger partial charge on any atom is -0.394 e. The molecule has 3 saturated carbocycles. The van der Waals surface area contributed by atoms with Crippen molar-refractivity contribution in [3.8, 4) is 0 Å². The highest BCUT2D eigenvalue weighted by Gasteiger charge is 2.62. The fourth-order valence-electron chi connectivity index (χ4n) is 11.4. The van der Waals surface area contributed by atoms with Gasteiger partial charge in [0.15, 0.2) is 18.4 Å². The number of aliphatic hydroxyl groups is 9. The second-order valence-electron chi connectivity index (χ2n) is 18.4. The molecule has 0 bridgehead atoms. The van der Waals surface area contributed by atoms with E-state index in [-0.39, 0.29) is 40.3 Å². The van der Waals surface area contributed by atoms with Crippen LogP contribution >= 0.6 is 0 Å². The molecule has 0 aromatic rings. The number of fused-ring (bicyclic) bond motifs is 5. The summed E-state index contributed by atoms with van der Waals surface area (Å²) in [6.45, 7) is 8.69. The Morgan fingerprint density at radius 3 is 1.98 bits per heavy atom. The van der Waals surface area contributed by atoms with E-state index in [9.17, 15) is 50.8 Å². The first-order valence-corrected chi connectivity index (χ1v) is 19.7. The van der Waals surface area contributed by atoms with Gasteiger partial charge in [-0.15, -0.1) is 0 Å². The first kappa shape index (κ1) is 41.5. The molecule has 0 spiro atoms. The molecule has 14 nitrogen and oxygen atoms in total. The molecule has 53 heavy (non-hydrogen) atoms. The molecule has 2 aliphatic heterocycles. The first-order chi connectivity index (χ1) is 24.8. The summed E-state index contributed by atoms with van der Waals surface area (Å²) < 4.78 is 23.6. The van der Waals surface area contributed by atoms with Crippen LogP contribution in [0.1, 0.15) is 98.8 Å². The molecule has 5 fully saturated rings. The van der Waals surface area contributed by atoms with Gasteiger partial charge in [0.1, 0.15) is 48.8 Å². The van der Waals surface area contributed by atoms with E-state index < -0.39 is 91.9 Å². The summed E-state index contributed by atoms with van der Waals surface area (Å²) in [5.74, 6) is 0.172. The Morgan fingerprint density at radius 1 is 0.736 bits per heavy atom. The van der Waals surface area contributed by atoms with Crippen LogP contribution in [0.5, 0.6) is 0 Å². The number of carbonyl (C=O) groups excluding carboxylic acids is 1. The van der Waals surface area contributed by atoms with Crippen LogP contribution in [0.4, 0.5) is 0 Å². The number of allylic oxidation sites excluding steroid dienone is 2. The second-order valence-corrected chi connectivity index (χ2v) is 18.4. The second kappa shape index (κ2) is 15.3. The lowest BCUT2D eigenvalue weighted by molar-refractivity contribution is -0.373. The highest BCUT2D eigenvalue weighted by Crippen LogP contribution is 2.67. The normalized spacial score (nSPS) is 48.7. The van der Waals surface area contributed by atoms with Crippen LogP contribution in [0.2, 0.25) is 0 Å². The number of ether oxygens (including phenoxy) is 4. The minimum atomic E-state index is -1.78. The predicted molar refractivity (Wildman–Crippen MR) is 188 cm³/mol. The average Bonchev–Trinajstić information content (AvgIpc) is 3.46. The molecule has 9 N–H and O–H groups in total. The molecular weight excluding hydrogens is 692 g/mol. The Kier molecular flexibility index (Phi) is 12.0. The summed E-state index contributed by atoms with van der Waals surface area (Å²) in [5.41, 5.74) is -0.917. The zero-order valence-corrected chi connectivity index (χ0v) is 31.8. The van der Waals surface area contributed by atoms with Crippen LogP contribution < -0.4 is 0 Å². The molecule has 18 atom stereocenters.